The maximum Gasteiger partial charge on any atom is 0.266 e. The number of hydrogen-bond acceptors (Lipinski definition) is 5. The molecule has 0 radical (unpaired) electrons. The fourth-order valence-corrected chi connectivity index (χ4v) is 4.05. The van der Waals surface area contributed by atoms with Gasteiger partial charge in [0.1, 0.15) is 0 Å². The van der Waals surface area contributed by atoms with Gasteiger partial charge in [-0.25, -0.2) is 0 Å². The number of primary amides is 1. The van der Waals surface area contributed by atoms with Gasteiger partial charge in [-0.2, -0.15) is 0 Å². The van der Waals surface area contributed by atoms with Crippen molar-refractivity contribution in [2.24, 2.45) is 10.7 Å². The first-order valence-electron chi connectivity index (χ1n) is 10.7. The Hall–Kier alpha value is -3.49. The zero-order valence-electron chi connectivity index (χ0n) is 18.0. The van der Waals surface area contributed by atoms with E-state index in [2.05, 4.69) is 20.6 Å². The number of nitrogens with one attached hydrogen (secondary N) is 3. The molecule has 1 aliphatic rings. The Balaban J connectivity index is 1.46. The first kappa shape index (κ1) is 21.7. The number of carbonyl (C=O) groups excluding carboxylic acids is 2. The Morgan fingerprint density at radius 1 is 1.25 bits per heavy atom. The van der Waals surface area contributed by atoms with Crippen LogP contribution in [0.4, 0.5) is 5.69 Å². The lowest BCUT2D eigenvalue weighted by Crippen LogP contribution is -2.26. The van der Waals surface area contributed by atoms with Crippen LogP contribution in [0.1, 0.15) is 28.8 Å². The van der Waals surface area contributed by atoms with Crippen LogP contribution in [-0.4, -0.2) is 48.9 Å². The Labute approximate surface area is 186 Å². The second-order valence-corrected chi connectivity index (χ2v) is 7.82. The van der Waals surface area contributed by atoms with Gasteiger partial charge in [-0.1, -0.05) is 18.2 Å². The smallest absolute Gasteiger partial charge is 0.266 e. The number of amides is 2. The summed E-state index contributed by atoms with van der Waals surface area (Å²) < 4.78 is 5.54. The number of aromatic amines is 1. The Morgan fingerprint density at radius 3 is 2.91 bits per heavy atom. The second kappa shape index (κ2) is 9.76. The topological polar surface area (TPSA) is 122 Å². The summed E-state index contributed by atoms with van der Waals surface area (Å²) >= 11 is 0. The van der Waals surface area contributed by atoms with E-state index in [0.29, 0.717) is 23.4 Å². The minimum atomic E-state index is -0.480. The molecule has 1 fully saturated rings. The van der Waals surface area contributed by atoms with Crippen molar-refractivity contribution in [2.45, 2.75) is 25.9 Å². The van der Waals surface area contributed by atoms with Gasteiger partial charge in [0, 0.05) is 30.4 Å². The van der Waals surface area contributed by atoms with E-state index in [1.165, 1.54) is 6.21 Å². The molecule has 0 bridgehead atoms. The lowest BCUT2D eigenvalue weighted by Gasteiger charge is -2.13. The maximum absolute atomic E-state index is 12.4. The van der Waals surface area contributed by atoms with Gasteiger partial charge in [0.15, 0.2) is 0 Å². The predicted molar refractivity (Wildman–Crippen MR) is 126 cm³/mol. The third-order valence-electron chi connectivity index (χ3n) is 5.68. The largest absolute Gasteiger partial charge is 0.377 e. The number of anilines is 1. The average Bonchev–Trinajstić information content (AvgIpc) is 3.46. The average molecular weight is 434 g/mol. The van der Waals surface area contributed by atoms with Crippen LogP contribution in [0.25, 0.3) is 22.0 Å². The fourth-order valence-electron chi connectivity index (χ4n) is 4.05. The van der Waals surface area contributed by atoms with Crippen LogP contribution in [-0.2, 0) is 9.53 Å². The SMILES string of the molecule is Cc1c(NC(=O)/C=N/CNCC2CCCO2)cccc1-c1ccc(C(N)=O)c2[nH]ccc12. The van der Waals surface area contributed by atoms with Gasteiger partial charge in [-0.15, -0.1) is 0 Å². The summed E-state index contributed by atoms with van der Waals surface area (Å²) in [6.07, 6.45) is 5.48. The number of aliphatic imine (C=N–C) groups is 1. The van der Waals surface area contributed by atoms with Crippen molar-refractivity contribution in [3.63, 3.8) is 0 Å². The van der Waals surface area contributed by atoms with Crippen molar-refractivity contribution >= 4 is 34.6 Å². The molecule has 8 nitrogen and oxygen atoms in total. The van der Waals surface area contributed by atoms with Crippen LogP contribution in [0.2, 0.25) is 0 Å². The summed E-state index contributed by atoms with van der Waals surface area (Å²) in [4.78, 5) is 31.3. The summed E-state index contributed by atoms with van der Waals surface area (Å²) in [5, 5.41) is 6.97. The first-order chi connectivity index (χ1) is 15.5. The summed E-state index contributed by atoms with van der Waals surface area (Å²) in [5.74, 6) is -0.772. The molecule has 0 aliphatic carbocycles. The van der Waals surface area contributed by atoms with Gasteiger partial charge < -0.3 is 20.8 Å². The molecule has 4 rings (SSSR count). The molecule has 166 valence electrons. The predicted octanol–water partition coefficient (Wildman–Crippen LogP) is 2.98. The van der Waals surface area contributed by atoms with E-state index >= 15 is 0 Å². The number of rotatable bonds is 8. The zero-order chi connectivity index (χ0) is 22.5. The number of hydrogen-bond donors (Lipinski definition) is 4. The molecule has 1 atom stereocenters. The van der Waals surface area contributed by atoms with Gasteiger partial charge >= 0.3 is 0 Å². The third kappa shape index (κ3) is 4.71. The molecular formula is C24H27N5O3. The number of fused-ring (bicyclic) bond motifs is 1. The first-order valence-corrected chi connectivity index (χ1v) is 10.7. The van der Waals surface area contributed by atoms with Gasteiger partial charge in [-0.05, 0) is 54.7 Å². The number of nitrogens with two attached hydrogens (primary N) is 1. The standard InChI is InChI=1S/C24H27N5O3/c1-15-17(18-7-8-20(24(25)31)23-19(18)9-10-28-23)5-2-6-21(15)29-22(30)13-27-14-26-12-16-4-3-11-32-16/h2,5-10,13,16,26,28H,3-4,11-12,14H2,1H3,(H2,25,31)(H,29,30)/b27-13+. The number of ether oxygens (including phenoxy) is 1. The fraction of sp³-hybridized carbons (Fsp3) is 0.292. The lowest BCUT2D eigenvalue weighted by molar-refractivity contribution is -0.110. The monoisotopic (exact) mass is 433 g/mol. The summed E-state index contributed by atoms with van der Waals surface area (Å²) in [6.45, 7) is 3.87. The highest BCUT2D eigenvalue weighted by Crippen LogP contribution is 2.34. The van der Waals surface area contributed by atoms with Crippen molar-refractivity contribution in [1.29, 1.82) is 0 Å². The molecule has 5 N–H and O–H groups in total. The summed E-state index contributed by atoms with van der Waals surface area (Å²) in [6, 6.07) is 11.2. The van der Waals surface area contributed by atoms with Gasteiger partial charge in [-0.3, -0.25) is 19.9 Å². The molecule has 1 aliphatic heterocycles. The molecule has 1 unspecified atom stereocenters. The molecule has 0 spiro atoms. The summed E-state index contributed by atoms with van der Waals surface area (Å²) in [5.41, 5.74) is 10.2. The maximum atomic E-state index is 12.4. The van der Waals surface area contributed by atoms with Crippen molar-refractivity contribution in [3.05, 3.63) is 53.7 Å². The Kier molecular flexibility index (Phi) is 6.63. The highest BCUT2D eigenvalue weighted by molar-refractivity contribution is 6.32. The van der Waals surface area contributed by atoms with Crippen molar-refractivity contribution in [3.8, 4) is 11.1 Å². The van der Waals surface area contributed by atoms with E-state index < -0.39 is 5.91 Å². The molecule has 2 aromatic carbocycles. The lowest BCUT2D eigenvalue weighted by atomic mass is 9.95. The van der Waals surface area contributed by atoms with Gasteiger partial charge in [0.05, 0.1) is 30.1 Å². The second-order valence-electron chi connectivity index (χ2n) is 7.82. The summed E-state index contributed by atoms with van der Waals surface area (Å²) in [7, 11) is 0. The van der Waals surface area contributed by atoms with Gasteiger partial charge in [0.25, 0.3) is 11.8 Å². The van der Waals surface area contributed by atoms with Crippen LogP contribution in [0.15, 0.2) is 47.6 Å². The van der Waals surface area contributed by atoms with Crippen LogP contribution >= 0.6 is 0 Å². The zero-order valence-corrected chi connectivity index (χ0v) is 18.0. The van der Waals surface area contributed by atoms with E-state index in [1.54, 1.807) is 12.3 Å². The van der Waals surface area contributed by atoms with Crippen LogP contribution < -0.4 is 16.4 Å². The number of nitrogens with zero attached hydrogens (tertiary/aromatic N) is 1. The van der Waals surface area contributed by atoms with Crippen molar-refractivity contribution < 1.29 is 14.3 Å². The quantitative estimate of drug-likeness (QED) is 0.322. The number of carbonyl (C=O) groups is 2. The molecule has 1 aromatic heterocycles. The molecule has 2 amide bonds. The molecular weight excluding hydrogens is 406 g/mol. The number of aromatic nitrogens is 1. The highest BCUT2D eigenvalue weighted by Gasteiger charge is 2.16. The van der Waals surface area contributed by atoms with Crippen molar-refractivity contribution in [1.82, 2.24) is 10.3 Å². The Bertz CT molecular complexity index is 1160. The highest BCUT2D eigenvalue weighted by atomic mass is 16.5. The van der Waals surface area contributed by atoms with E-state index in [1.807, 2.05) is 37.3 Å². The van der Waals surface area contributed by atoms with E-state index in [9.17, 15) is 9.59 Å². The number of benzene rings is 2. The van der Waals surface area contributed by atoms with Crippen molar-refractivity contribution in [2.75, 3.05) is 25.1 Å². The minimum absolute atomic E-state index is 0.243. The molecule has 8 heteroatoms. The van der Waals surface area contributed by atoms with Crippen LogP contribution in [0, 0.1) is 6.92 Å². The third-order valence-corrected chi connectivity index (χ3v) is 5.68. The molecule has 32 heavy (non-hydrogen) atoms. The molecule has 0 saturated carbocycles. The van der Waals surface area contributed by atoms with Gasteiger partial charge in [0.2, 0.25) is 0 Å². The van der Waals surface area contributed by atoms with E-state index in [0.717, 1.165) is 48.1 Å². The Morgan fingerprint density at radius 2 is 2.12 bits per heavy atom. The van der Waals surface area contributed by atoms with E-state index in [4.69, 9.17) is 10.5 Å². The normalized spacial score (nSPS) is 16.1. The van der Waals surface area contributed by atoms with E-state index in [-0.39, 0.29) is 12.0 Å². The molecule has 3 aromatic rings. The molecule has 1 saturated heterocycles. The molecule has 2 heterocycles. The van der Waals surface area contributed by atoms with Crippen LogP contribution in [0.3, 0.4) is 0 Å². The van der Waals surface area contributed by atoms with Crippen LogP contribution in [0.5, 0.6) is 0 Å². The number of H-pyrrole nitrogens is 1. The minimum Gasteiger partial charge on any atom is -0.377 e.